The van der Waals surface area contributed by atoms with E-state index in [9.17, 15) is 0 Å². The summed E-state index contributed by atoms with van der Waals surface area (Å²) in [5.41, 5.74) is 2.10. The summed E-state index contributed by atoms with van der Waals surface area (Å²) in [6.45, 7) is 6.00. The van der Waals surface area contributed by atoms with Crippen molar-refractivity contribution in [3.63, 3.8) is 0 Å². The summed E-state index contributed by atoms with van der Waals surface area (Å²) >= 11 is 0. The summed E-state index contributed by atoms with van der Waals surface area (Å²) in [6.07, 6.45) is 8.29. The molecule has 0 spiro atoms. The van der Waals surface area contributed by atoms with Crippen LogP contribution in [0.1, 0.15) is 0 Å². The molecule has 2 aromatic rings. The van der Waals surface area contributed by atoms with Gasteiger partial charge in [-0.05, 0) is 24.8 Å². The molecule has 0 amide bonds. The van der Waals surface area contributed by atoms with Crippen molar-refractivity contribution in [1.82, 2.24) is 9.80 Å². The first-order valence-electron chi connectivity index (χ1n) is 7.97. The summed E-state index contributed by atoms with van der Waals surface area (Å²) in [6, 6.07) is 22.4. The first-order valence-corrected chi connectivity index (χ1v) is 7.97. The molecule has 0 aliphatic carbocycles. The van der Waals surface area contributed by atoms with E-state index in [2.05, 4.69) is 82.0 Å². The Hall–Kier alpha value is -2.19. The third-order valence-electron chi connectivity index (χ3n) is 3.94. The van der Waals surface area contributed by atoms with E-state index in [0.717, 1.165) is 24.5 Å². The Balaban J connectivity index is 0.00000182. The van der Waals surface area contributed by atoms with E-state index in [-0.39, 0.29) is 21.1 Å². The molecular formula is C20H18N4Pt. The van der Waals surface area contributed by atoms with Gasteiger partial charge in [0, 0.05) is 13.1 Å². The Morgan fingerprint density at radius 1 is 0.680 bits per heavy atom. The molecule has 0 N–H and O–H groups in total. The largest absolute Gasteiger partial charge is 4.00 e. The number of anilines is 2. The van der Waals surface area contributed by atoms with Gasteiger partial charge < -0.3 is 19.6 Å². The van der Waals surface area contributed by atoms with Gasteiger partial charge in [-0.2, -0.15) is 74.0 Å². The van der Waals surface area contributed by atoms with Gasteiger partial charge in [-0.15, -0.1) is 11.4 Å². The van der Waals surface area contributed by atoms with E-state index in [0.29, 0.717) is 0 Å². The van der Waals surface area contributed by atoms with Crippen LogP contribution in [-0.4, -0.2) is 22.9 Å². The van der Waals surface area contributed by atoms with Crippen molar-refractivity contribution in [3.8, 4) is 0 Å². The second-order valence-electron chi connectivity index (χ2n) is 5.61. The number of hydrogen-bond acceptors (Lipinski definition) is 4. The minimum atomic E-state index is 0. The third kappa shape index (κ3) is 4.26. The zero-order valence-corrected chi connectivity index (χ0v) is 15.9. The standard InChI is InChI=1S/C20H18N4.Pt/c1-3-7-19(8-4-1)23-15-13-21(17-23)11-12-22-14-16-24(18-22)20-9-5-2-6-10-20;/h1-7,9,13-18H,11-12H2;/q-4;+4. The molecule has 0 radical (unpaired) electrons. The topological polar surface area (TPSA) is 13.0 Å². The van der Waals surface area contributed by atoms with E-state index in [1.54, 1.807) is 0 Å². The maximum atomic E-state index is 3.23. The maximum Gasteiger partial charge on any atom is 4.00 e. The monoisotopic (exact) mass is 509 g/mol. The van der Waals surface area contributed by atoms with E-state index in [4.69, 9.17) is 0 Å². The fourth-order valence-corrected chi connectivity index (χ4v) is 2.66. The molecule has 0 saturated carbocycles. The van der Waals surface area contributed by atoms with Crippen molar-refractivity contribution in [1.29, 1.82) is 0 Å². The second kappa shape index (κ2) is 8.26. The molecule has 4 nitrogen and oxygen atoms in total. The molecule has 0 atom stereocenters. The molecule has 2 heterocycles. The number of para-hydroxylation sites is 2. The van der Waals surface area contributed by atoms with Crippen molar-refractivity contribution in [2.45, 2.75) is 0 Å². The van der Waals surface area contributed by atoms with Crippen LogP contribution < -0.4 is 9.80 Å². The minimum absolute atomic E-state index is 0. The van der Waals surface area contributed by atoms with E-state index in [1.807, 2.05) is 36.4 Å². The number of rotatable bonds is 5. The molecule has 0 saturated heterocycles. The molecule has 25 heavy (non-hydrogen) atoms. The van der Waals surface area contributed by atoms with Crippen LogP contribution >= 0.6 is 0 Å². The minimum Gasteiger partial charge on any atom is -0.507 e. The van der Waals surface area contributed by atoms with E-state index in [1.165, 1.54) is 0 Å². The van der Waals surface area contributed by atoms with Crippen LogP contribution in [-0.2, 0) is 21.1 Å². The van der Waals surface area contributed by atoms with Crippen LogP contribution in [0.25, 0.3) is 0 Å². The molecule has 128 valence electrons. The van der Waals surface area contributed by atoms with Crippen LogP contribution in [0.5, 0.6) is 0 Å². The van der Waals surface area contributed by atoms with Gasteiger partial charge in [-0.1, -0.05) is 0 Å². The van der Waals surface area contributed by atoms with Crippen LogP contribution in [0, 0.1) is 25.5 Å². The predicted molar refractivity (Wildman–Crippen MR) is 95.8 cm³/mol. The van der Waals surface area contributed by atoms with Crippen LogP contribution in [0.3, 0.4) is 0 Å². The zero-order valence-electron chi connectivity index (χ0n) is 13.6. The second-order valence-corrected chi connectivity index (χ2v) is 5.61. The molecule has 0 fully saturated rings. The summed E-state index contributed by atoms with van der Waals surface area (Å²) < 4.78 is 0. The van der Waals surface area contributed by atoms with Crippen molar-refractivity contribution < 1.29 is 21.1 Å². The quantitative estimate of drug-likeness (QED) is 0.573. The fraction of sp³-hybridized carbons (Fsp3) is 0.100. The zero-order chi connectivity index (χ0) is 16.2. The average Bonchev–Trinajstić information content (AvgIpc) is 3.31. The van der Waals surface area contributed by atoms with Gasteiger partial charge in [0.2, 0.25) is 0 Å². The van der Waals surface area contributed by atoms with Crippen molar-refractivity contribution in [2.75, 3.05) is 22.9 Å². The van der Waals surface area contributed by atoms with Crippen molar-refractivity contribution in [3.05, 3.63) is 98.8 Å². The van der Waals surface area contributed by atoms with Crippen molar-refractivity contribution >= 4 is 11.4 Å². The molecule has 2 aliphatic rings. The Morgan fingerprint density at radius 2 is 1.16 bits per heavy atom. The Kier molecular flexibility index (Phi) is 5.82. The molecule has 4 rings (SSSR count). The number of hydrogen-bond donors (Lipinski definition) is 0. The van der Waals surface area contributed by atoms with Gasteiger partial charge in [-0.25, -0.2) is 0 Å². The Morgan fingerprint density at radius 3 is 1.56 bits per heavy atom. The number of nitrogens with zero attached hydrogens (tertiary/aromatic N) is 4. The van der Waals surface area contributed by atoms with Gasteiger partial charge in [0.15, 0.2) is 0 Å². The molecule has 2 aliphatic heterocycles. The first kappa shape index (κ1) is 17.6. The summed E-state index contributed by atoms with van der Waals surface area (Å²) in [5.74, 6) is 0. The molecule has 0 bridgehead atoms. The first-order chi connectivity index (χ1) is 11.9. The summed E-state index contributed by atoms with van der Waals surface area (Å²) in [5, 5.41) is 0. The molecule has 0 unspecified atom stereocenters. The summed E-state index contributed by atoms with van der Waals surface area (Å²) in [7, 11) is 0. The molecule has 2 aromatic carbocycles. The fourth-order valence-electron chi connectivity index (χ4n) is 2.66. The predicted octanol–water partition coefficient (Wildman–Crippen LogP) is 3.41. The van der Waals surface area contributed by atoms with E-state index >= 15 is 0 Å². The maximum absolute atomic E-state index is 3.23. The smallest absolute Gasteiger partial charge is 0.507 e. The SMILES string of the molecule is [Pt+4].[c-]1ccccc1N1C=CN(CCN2C=CN(c3[c-]cccc3)[CH-]2)[CH-]1. The Bertz CT molecular complexity index is 653. The van der Waals surface area contributed by atoms with Crippen molar-refractivity contribution in [2.24, 2.45) is 0 Å². The third-order valence-corrected chi connectivity index (χ3v) is 3.94. The van der Waals surface area contributed by atoms with E-state index < -0.39 is 0 Å². The average molecular weight is 509 g/mol. The van der Waals surface area contributed by atoms with Crippen LogP contribution in [0.15, 0.2) is 73.3 Å². The molecule has 0 aromatic heterocycles. The van der Waals surface area contributed by atoms with Gasteiger partial charge >= 0.3 is 21.1 Å². The number of benzene rings is 2. The van der Waals surface area contributed by atoms with Crippen LogP contribution in [0.2, 0.25) is 0 Å². The molecule has 5 heteroatoms. The van der Waals surface area contributed by atoms with Gasteiger partial charge in [-0.3, -0.25) is 0 Å². The van der Waals surface area contributed by atoms with Gasteiger partial charge in [0.25, 0.3) is 0 Å². The summed E-state index contributed by atoms with van der Waals surface area (Å²) in [4.78, 5) is 8.52. The van der Waals surface area contributed by atoms with Crippen LogP contribution in [0.4, 0.5) is 11.4 Å². The van der Waals surface area contributed by atoms with Gasteiger partial charge in [0.1, 0.15) is 0 Å². The van der Waals surface area contributed by atoms with Gasteiger partial charge in [0.05, 0.1) is 0 Å². The normalized spacial score (nSPS) is 15.8. The molecular weight excluding hydrogens is 491 g/mol. The Labute approximate surface area is 163 Å².